The second-order valence-electron chi connectivity index (χ2n) is 2.04. The molecule has 0 unspecified atom stereocenters. The van der Waals surface area contributed by atoms with Gasteiger partial charge < -0.3 is 14.3 Å². The van der Waals surface area contributed by atoms with Gasteiger partial charge in [-0.05, 0) is 0 Å². The molecule has 0 saturated heterocycles. The first-order valence-electron chi connectivity index (χ1n) is 3.02. The zero-order valence-corrected chi connectivity index (χ0v) is 6.25. The van der Waals surface area contributed by atoms with Crippen LogP contribution in [0.1, 0.15) is 17.5 Å². The molecule has 0 bridgehead atoms. The van der Waals surface area contributed by atoms with E-state index >= 15 is 0 Å². The van der Waals surface area contributed by atoms with Crippen molar-refractivity contribution in [2.75, 3.05) is 7.11 Å². The summed E-state index contributed by atoms with van der Waals surface area (Å²) in [6, 6.07) is 0. The van der Waals surface area contributed by atoms with Gasteiger partial charge in [0.25, 0.3) is 0 Å². The van der Waals surface area contributed by atoms with Gasteiger partial charge in [-0.2, -0.15) is 0 Å². The third-order valence-electron chi connectivity index (χ3n) is 1.27. The maximum Gasteiger partial charge on any atom is 0.214 e. The molecule has 1 aromatic heterocycles. The number of carbonyl (C=O) groups excluding carboxylic acids is 1. The summed E-state index contributed by atoms with van der Waals surface area (Å²) in [6.45, 7) is 1.30. The molecule has 0 aromatic carbocycles. The molecule has 0 fully saturated rings. The molecule has 4 heteroatoms. The quantitative estimate of drug-likeness (QED) is 0.653. The second kappa shape index (κ2) is 2.65. The molecule has 1 aromatic rings. The predicted octanol–water partition coefficient (Wildman–Crippen LogP) is 1.20. The third-order valence-corrected chi connectivity index (χ3v) is 1.27. The number of rotatable bonds is 2. The van der Waals surface area contributed by atoms with Crippen LogP contribution < -0.4 is 4.74 Å². The Morgan fingerprint density at radius 1 is 1.73 bits per heavy atom. The van der Waals surface area contributed by atoms with Gasteiger partial charge >= 0.3 is 0 Å². The van der Waals surface area contributed by atoms with Gasteiger partial charge in [0.15, 0.2) is 11.5 Å². The van der Waals surface area contributed by atoms with Gasteiger partial charge in [0, 0.05) is 6.92 Å². The molecule has 0 radical (unpaired) electrons. The highest BCUT2D eigenvalue weighted by Gasteiger charge is 2.16. The summed E-state index contributed by atoms with van der Waals surface area (Å²) in [7, 11) is 1.38. The minimum absolute atomic E-state index is 0.0677. The highest BCUT2D eigenvalue weighted by Crippen LogP contribution is 2.31. The lowest BCUT2D eigenvalue weighted by Gasteiger charge is -1.92. The van der Waals surface area contributed by atoms with Crippen molar-refractivity contribution < 1.29 is 19.1 Å². The molecule has 0 aliphatic carbocycles. The van der Waals surface area contributed by atoms with Gasteiger partial charge in [-0.25, -0.2) is 0 Å². The molecule has 11 heavy (non-hydrogen) atoms. The lowest BCUT2D eigenvalue weighted by Crippen LogP contribution is -1.88. The van der Waals surface area contributed by atoms with Gasteiger partial charge in [0.2, 0.25) is 11.5 Å². The summed E-state index contributed by atoms with van der Waals surface area (Å²) >= 11 is 0. The van der Waals surface area contributed by atoms with Crippen LogP contribution in [0.4, 0.5) is 0 Å². The van der Waals surface area contributed by atoms with Crippen LogP contribution in [0.25, 0.3) is 0 Å². The maximum absolute atomic E-state index is 10.7. The van der Waals surface area contributed by atoms with Crippen LogP contribution in [0, 0.1) is 0 Å². The van der Waals surface area contributed by atoms with Crippen LogP contribution in [-0.2, 0) is 0 Å². The van der Waals surface area contributed by atoms with E-state index in [2.05, 4.69) is 4.74 Å². The standard InChI is InChI=1S/C7H8O4/c1-4(8)7-6(9)5(10-2)3-11-7/h3,9H,1-2H3. The Kier molecular flexibility index (Phi) is 1.85. The number of furan rings is 1. The van der Waals surface area contributed by atoms with Crippen molar-refractivity contribution >= 4 is 5.78 Å². The minimum atomic E-state index is -0.328. The molecule has 0 aliphatic rings. The van der Waals surface area contributed by atoms with Gasteiger partial charge in [0.05, 0.1) is 7.11 Å². The van der Waals surface area contributed by atoms with Crippen LogP contribution >= 0.6 is 0 Å². The zero-order valence-electron chi connectivity index (χ0n) is 6.25. The highest BCUT2D eigenvalue weighted by molar-refractivity contribution is 5.94. The first-order valence-corrected chi connectivity index (χ1v) is 3.02. The monoisotopic (exact) mass is 156 g/mol. The largest absolute Gasteiger partial charge is 0.502 e. The van der Waals surface area contributed by atoms with Crippen molar-refractivity contribution in [3.8, 4) is 11.5 Å². The van der Waals surface area contributed by atoms with Gasteiger partial charge in [0.1, 0.15) is 6.26 Å². The number of methoxy groups -OCH3 is 1. The molecule has 0 spiro atoms. The number of aromatic hydroxyl groups is 1. The Hall–Kier alpha value is -1.45. The van der Waals surface area contributed by atoms with Gasteiger partial charge in [-0.3, -0.25) is 4.79 Å². The Labute approximate surface area is 63.4 Å². The Morgan fingerprint density at radius 2 is 2.36 bits per heavy atom. The lowest BCUT2D eigenvalue weighted by atomic mass is 10.3. The molecule has 0 amide bonds. The SMILES string of the molecule is COc1coc(C(C)=O)c1O. The van der Waals surface area contributed by atoms with Gasteiger partial charge in [-0.1, -0.05) is 0 Å². The van der Waals surface area contributed by atoms with Crippen LogP contribution in [0.5, 0.6) is 11.5 Å². The summed E-state index contributed by atoms with van der Waals surface area (Å²) in [5, 5.41) is 9.16. The van der Waals surface area contributed by atoms with E-state index in [1.165, 1.54) is 20.3 Å². The van der Waals surface area contributed by atoms with Crippen molar-refractivity contribution in [1.29, 1.82) is 0 Å². The molecule has 0 saturated carbocycles. The van der Waals surface area contributed by atoms with E-state index in [1.54, 1.807) is 0 Å². The van der Waals surface area contributed by atoms with E-state index < -0.39 is 0 Å². The van der Waals surface area contributed by atoms with Crippen molar-refractivity contribution in [1.82, 2.24) is 0 Å². The molecule has 4 nitrogen and oxygen atoms in total. The molecule has 1 rings (SSSR count). The average molecular weight is 156 g/mol. The summed E-state index contributed by atoms with van der Waals surface area (Å²) in [5.74, 6) is -0.456. The third kappa shape index (κ3) is 1.19. The zero-order chi connectivity index (χ0) is 8.43. The van der Waals surface area contributed by atoms with Gasteiger partial charge in [-0.15, -0.1) is 0 Å². The molecule has 0 aliphatic heterocycles. The Bertz CT molecular complexity index is 274. The van der Waals surface area contributed by atoms with E-state index in [4.69, 9.17) is 9.52 Å². The molecule has 1 N–H and O–H groups in total. The van der Waals surface area contributed by atoms with E-state index in [-0.39, 0.29) is 23.0 Å². The predicted molar refractivity (Wildman–Crippen MR) is 36.9 cm³/mol. The first kappa shape index (κ1) is 7.65. The summed E-state index contributed by atoms with van der Waals surface area (Å²) in [5.41, 5.74) is 0. The van der Waals surface area contributed by atoms with Crippen LogP contribution in [0.15, 0.2) is 10.7 Å². The Balaban J connectivity index is 3.10. The average Bonchev–Trinajstić information content (AvgIpc) is 2.30. The van der Waals surface area contributed by atoms with E-state index in [0.717, 1.165) is 0 Å². The number of Topliss-reactive ketones (excluding diaryl/α,β-unsaturated/α-hetero) is 1. The van der Waals surface area contributed by atoms with Crippen LogP contribution in [-0.4, -0.2) is 18.0 Å². The fourth-order valence-corrected chi connectivity index (χ4v) is 0.730. The summed E-state index contributed by atoms with van der Waals surface area (Å²) < 4.78 is 9.40. The van der Waals surface area contributed by atoms with Crippen LogP contribution in [0.3, 0.4) is 0 Å². The topological polar surface area (TPSA) is 59.7 Å². The van der Waals surface area contributed by atoms with E-state index in [0.29, 0.717) is 0 Å². The van der Waals surface area contributed by atoms with E-state index in [9.17, 15) is 4.79 Å². The van der Waals surface area contributed by atoms with Crippen molar-refractivity contribution in [2.45, 2.75) is 6.92 Å². The van der Waals surface area contributed by atoms with Crippen molar-refractivity contribution in [3.63, 3.8) is 0 Å². The summed E-state index contributed by atoms with van der Waals surface area (Å²) in [6.07, 6.45) is 1.19. The number of ether oxygens (including phenoxy) is 1. The minimum Gasteiger partial charge on any atom is -0.502 e. The number of ketones is 1. The number of hydrogen-bond donors (Lipinski definition) is 1. The summed E-state index contributed by atoms with van der Waals surface area (Å²) in [4.78, 5) is 10.7. The molecule has 0 atom stereocenters. The Morgan fingerprint density at radius 3 is 2.64 bits per heavy atom. The molecular formula is C7H8O4. The molecule has 1 heterocycles. The lowest BCUT2D eigenvalue weighted by molar-refractivity contribution is 0.0983. The van der Waals surface area contributed by atoms with E-state index in [1.807, 2.05) is 0 Å². The number of hydrogen-bond acceptors (Lipinski definition) is 4. The highest BCUT2D eigenvalue weighted by atomic mass is 16.5. The second-order valence-corrected chi connectivity index (χ2v) is 2.04. The fraction of sp³-hybridized carbons (Fsp3) is 0.286. The van der Waals surface area contributed by atoms with Crippen molar-refractivity contribution in [3.05, 3.63) is 12.0 Å². The van der Waals surface area contributed by atoms with Crippen LogP contribution in [0.2, 0.25) is 0 Å². The fourth-order valence-electron chi connectivity index (χ4n) is 0.730. The molecular weight excluding hydrogens is 148 g/mol. The van der Waals surface area contributed by atoms with Crippen molar-refractivity contribution in [2.24, 2.45) is 0 Å². The normalized spacial score (nSPS) is 9.64. The number of carbonyl (C=O) groups is 1. The first-order chi connectivity index (χ1) is 5.16. The molecule has 60 valence electrons. The smallest absolute Gasteiger partial charge is 0.214 e. The maximum atomic E-state index is 10.7.